The van der Waals surface area contributed by atoms with Gasteiger partial charge in [0.1, 0.15) is 5.82 Å². The van der Waals surface area contributed by atoms with Crippen LogP contribution in [0.5, 0.6) is 0 Å². The van der Waals surface area contributed by atoms with E-state index in [1.807, 2.05) is 13.0 Å². The molecule has 0 aromatic heterocycles. The third-order valence-corrected chi connectivity index (χ3v) is 4.27. The van der Waals surface area contributed by atoms with E-state index in [1.165, 1.54) is 6.07 Å². The van der Waals surface area contributed by atoms with Gasteiger partial charge in [0.15, 0.2) is 0 Å². The SMILES string of the molecule is Cc1ccc(CNC(=O)C2CCCCC2(C)N)cc1F.Cl. The minimum absolute atomic E-state index is 0. The third-order valence-electron chi connectivity index (χ3n) is 4.27. The van der Waals surface area contributed by atoms with E-state index < -0.39 is 5.54 Å². The van der Waals surface area contributed by atoms with E-state index >= 15 is 0 Å². The quantitative estimate of drug-likeness (QED) is 0.901. The van der Waals surface area contributed by atoms with E-state index in [0.29, 0.717) is 12.1 Å². The van der Waals surface area contributed by atoms with Gasteiger partial charge in [0, 0.05) is 12.1 Å². The van der Waals surface area contributed by atoms with Crippen molar-refractivity contribution in [2.45, 2.75) is 51.6 Å². The standard InChI is InChI=1S/C16H23FN2O.ClH/c1-11-6-7-12(9-14(11)17)10-19-15(20)13-5-3-4-8-16(13,2)18;/h6-7,9,13H,3-5,8,10,18H2,1-2H3,(H,19,20);1H. The normalized spacial score (nSPS) is 25.0. The third kappa shape index (κ3) is 4.42. The fraction of sp³-hybridized carbons (Fsp3) is 0.562. The molecule has 0 saturated heterocycles. The summed E-state index contributed by atoms with van der Waals surface area (Å²) in [6.07, 6.45) is 3.84. The molecule has 1 aromatic carbocycles. The molecule has 1 aliphatic rings. The van der Waals surface area contributed by atoms with Gasteiger partial charge in [-0.15, -0.1) is 12.4 Å². The molecule has 1 fully saturated rings. The van der Waals surface area contributed by atoms with Crippen LogP contribution in [0, 0.1) is 18.7 Å². The smallest absolute Gasteiger partial charge is 0.225 e. The number of aryl methyl sites for hydroxylation is 1. The summed E-state index contributed by atoms with van der Waals surface area (Å²) in [6, 6.07) is 5.03. The Bertz CT molecular complexity index is 505. The lowest BCUT2D eigenvalue weighted by molar-refractivity contribution is -0.128. The number of benzene rings is 1. The number of nitrogens with one attached hydrogen (secondary N) is 1. The van der Waals surface area contributed by atoms with Gasteiger partial charge in [-0.1, -0.05) is 25.0 Å². The highest BCUT2D eigenvalue weighted by Crippen LogP contribution is 2.31. The second-order valence-electron chi connectivity index (χ2n) is 6.11. The zero-order valence-electron chi connectivity index (χ0n) is 12.6. The van der Waals surface area contributed by atoms with E-state index in [4.69, 9.17) is 5.73 Å². The van der Waals surface area contributed by atoms with Gasteiger partial charge in [-0.3, -0.25) is 4.79 Å². The molecule has 2 rings (SSSR count). The molecule has 0 radical (unpaired) electrons. The Balaban J connectivity index is 0.00000220. The average Bonchev–Trinajstić information content (AvgIpc) is 2.39. The lowest BCUT2D eigenvalue weighted by atomic mass is 9.74. The number of nitrogens with two attached hydrogens (primary N) is 1. The van der Waals surface area contributed by atoms with Gasteiger partial charge in [-0.2, -0.15) is 0 Å². The van der Waals surface area contributed by atoms with Gasteiger partial charge in [-0.25, -0.2) is 4.39 Å². The van der Waals surface area contributed by atoms with Crippen LogP contribution in [0.25, 0.3) is 0 Å². The van der Waals surface area contributed by atoms with Crippen LogP contribution in [0.2, 0.25) is 0 Å². The molecule has 1 aliphatic carbocycles. The van der Waals surface area contributed by atoms with Crippen molar-refractivity contribution >= 4 is 18.3 Å². The summed E-state index contributed by atoms with van der Waals surface area (Å²) in [5.74, 6) is -0.402. The van der Waals surface area contributed by atoms with E-state index in [1.54, 1.807) is 13.0 Å². The first-order valence-electron chi connectivity index (χ1n) is 7.22. The van der Waals surface area contributed by atoms with Crippen molar-refractivity contribution in [3.05, 3.63) is 35.1 Å². The summed E-state index contributed by atoms with van der Waals surface area (Å²) < 4.78 is 13.4. The summed E-state index contributed by atoms with van der Waals surface area (Å²) in [5, 5.41) is 2.89. The predicted molar refractivity (Wildman–Crippen MR) is 84.8 cm³/mol. The number of amides is 1. The van der Waals surface area contributed by atoms with Crippen LogP contribution in [0.3, 0.4) is 0 Å². The van der Waals surface area contributed by atoms with E-state index in [-0.39, 0.29) is 30.0 Å². The minimum Gasteiger partial charge on any atom is -0.352 e. The Labute approximate surface area is 131 Å². The second kappa shape index (κ2) is 7.23. The molecule has 3 nitrogen and oxygen atoms in total. The Morgan fingerprint density at radius 2 is 2.19 bits per heavy atom. The minimum atomic E-state index is -0.430. The topological polar surface area (TPSA) is 55.1 Å². The summed E-state index contributed by atoms with van der Waals surface area (Å²) in [6.45, 7) is 4.02. The number of carbonyl (C=O) groups excluding carboxylic acids is 1. The van der Waals surface area contributed by atoms with Crippen LogP contribution in [0.4, 0.5) is 4.39 Å². The predicted octanol–water partition coefficient (Wildman–Crippen LogP) is 3.08. The first kappa shape index (κ1) is 17.9. The highest BCUT2D eigenvalue weighted by atomic mass is 35.5. The molecule has 118 valence electrons. The van der Waals surface area contributed by atoms with Crippen molar-refractivity contribution in [1.29, 1.82) is 0 Å². The molecule has 0 bridgehead atoms. The number of hydrogen-bond donors (Lipinski definition) is 2. The fourth-order valence-corrected chi connectivity index (χ4v) is 2.85. The molecule has 0 spiro atoms. The highest BCUT2D eigenvalue weighted by molar-refractivity contribution is 5.85. The van der Waals surface area contributed by atoms with Crippen molar-refractivity contribution in [3.63, 3.8) is 0 Å². The summed E-state index contributed by atoms with van der Waals surface area (Å²) in [5.41, 5.74) is 7.17. The van der Waals surface area contributed by atoms with E-state index in [9.17, 15) is 9.18 Å². The van der Waals surface area contributed by atoms with Gasteiger partial charge < -0.3 is 11.1 Å². The van der Waals surface area contributed by atoms with Crippen molar-refractivity contribution in [2.24, 2.45) is 11.7 Å². The Morgan fingerprint density at radius 1 is 1.48 bits per heavy atom. The zero-order valence-corrected chi connectivity index (χ0v) is 13.4. The van der Waals surface area contributed by atoms with Gasteiger partial charge in [0.25, 0.3) is 0 Å². The van der Waals surface area contributed by atoms with Crippen LogP contribution in [-0.4, -0.2) is 11.4 Å². The van der Waals surface area contributed by atoms with Crippen molar-refractivity contribution in [3.8, 4) is 0 Å². The number of halogens is 2. The van der Waals surface area contributed by atoms with Gasteiger partial charge in [0.05, 0.1) is 5.92 Å². The summed E-state index contributed by atoms with van der Waals surface area (Å²) in [7, 11) is 0. The molecule has 21 heavy (non-hydrogen) atoms. The van der Waals surface area contributed by atoms with Crippen LogP contribution in [0.15, 0.2) is 18.2 Å². The maximum absolute atomic E-state index is 13.4. The van der Waals surface area contributed by atoms with Gasteiger partial charge >= 0.3 is 0 Å². The molecular formula is C16H24ClFN2O. The molecule has 1 aromatic rings. The summed E-state index contributed by atoms with van der Waals surface area (Å²) in [4.78, 5) is 12.3. The lowest BCUT2D eigenvalue weighted by Crippen LogP contribution is -2.52. The van der Waals surface area contributed by atoms with Crippen LogP contribution in [-0.2, 0) is 11.3 Å². The molecular weight excluding hydrogens is 291 g/mol. The zero-order chi connectivity index (χ0) is 14.8. The molecule has 2 atom stereocenters. The highest BCUT2D eigenvalue weighted by Gasteiger charge is 2.37. The molecule has 3 N–H and O–H groups in total. The Morgan fingerprint density at radius 3 is 2.81 bits per heavy atom. The first-order chi connectivity index (χ1) is 9.40. The molecule has 0 heterocycles. The monoisotopic (exact) mass is 314 g/mol. The lowest BCUT2D eigenvalue weighted by Gasteiger charge is -2.37. The molecule has 5 heteroatoms. The van der Waals surface area contributed by atoms with E-state index in [0.717, 1.165) is 31.2 Å². The van der Waals surface area contributed by atoms with Crippen LogP contribution >= 0.6 is 12.4 Å². The number of hydrogen-bond acceptors (Lipinski definition) is 2. The Hall–Kier alpha value is -1.13. The van der Waals surface area contributed by atoms with Crippen LogP contribution < -0.4 is 11.1 Å². The first-order valence-corrected chi connectivity index (χ1v) is 7.22. The molecule has 1 saturated carbocycles. The van der Waals surface area contributed by atoms with Gasteiger partial charge in [-0.05, 0) is 43.9 Å². The molecule has 0 aliphatic heterocycles. The Kier molecular flexibility index (Phi) is 6.17. The number of rotatable bonds is 3. The van der Waals surface area contributed by atoms with Crippen molar-refractivity contribution in [1.82, 2.24) is 5.32 Å². The van der Waals surface area contributed by atoms with E-state index in [2.05, 4.69) is 5.32 Å². The molecule has 2 unspecified atom stereocenters. The fourth-order valence-electron chi connectivity index (χ4n) is 2.85. The van der Waals surface area contributed by atoms with Crippen molar-refractivity contribution in [2.75, 3.05) is 0 Å². The number of carbonyl (C=O) groups is 1. The molecule has 1 amide bonds. The van der Waals surface area contributed by atoms with Gasteiger partial charge in [0.2, 0.25) is 5.91 Å². The van der Waals surface area contributed by atoms with Crippen molar-refractivity contribution < 1.29 is 9.18 Å². The summed E-state index contributed by atoms with van der Waals surface area (Å²) >= 11 is 0. The maximum atomic E-state index is 13.4. The maximum Gasteiger partial charge on any atom is 0.225 e. The van der Waals surface area contributed by atoms with Crippen LogP contribution in [0.1, 0.15) is 43.7 Å². The largest absolute Gasteiger partial charge is 0.352 e. The second-order valence-corrected chi connectivity index (χ2v) is 6.11. The average molecular weight is 315 g/mol.